The number of methoxy groups -OCH3 is 1. The van der Waals surface area contributed by atoms with Crippen LogP contribution < -0.4 is 4.90 Å². The first-order valence-corrected chi connectivity index (χ1v) is 8.11. The summed E-state index contributed by atoms with van der Waals surface area (Å²) in [6.07, 6.45) is 0.355. The topological polar surface area (TPSA) is 63.7 Å². The maximum absolute atomic E-state index is 12.2. The molecule has 1 aliphatic rings. The molecule has 0 saturated carbocycles. The van der Waals surface area contributed by atoms with E-state index >= 15 is 0 Å². The molecule has 0 bridgehead atoms. The summed E-state index contributed by atoms with van der Waals surface area (Å²) in [7, 11) is 1.27. The second-order valence-corrected chi connectivity index (χ2v) is 6.61. The second kappa shape index (κ2) is 7.15. The number of benzene rings is 1. The first-order valence-electron chi connectivity index (χ1n) is 6.74. The van der Waals surface area contributed by atoms with E-state index in [4.69, 9.17) is 16.3 Å². The standard InChI is InChI=1S/C15H16ClNO4S/c1-9(18)22-8-10-6-13(19)17(7-10)12-5-3-4-11(16)14(12)15(20)21-2/h3-5,10H,6-8H2,1-2H3. The largest absolute Gasteiger partial charge is 0.465 e. The van der Waals surface area contributed by atoms with Crippen LogP contribution in [0, 0.1) is 5.92 Å². The van der Waals surface area contributed by atoms with Crippen molar-refractivity contribution in [3.05, 3.63) is 28.8 Å². The Hall–Kier alpha value is -1.53. The number of nitrogens with zero attached hydrogens (tertiary/aromatic N) is 1. The van der Waals surface area contributed by atoms with Crippen molar-refractivity contribution in [1.82, 2.24) is 0 Å². The highest BCUT2D eigenvalue weighted by Gasteiger charge is 2.33. The van der Waals surface area contributed by atoms with Gasteiger partial charge in [0.05, 0.1) is 17.8 Å². The third-order valence-corrected chi connectivity index (χ3v) is 4.76. The molecule has 0 aliphatic carbocycles. The first kappa shape index (κ1) is 16.8. The lowest BCUT2D eigenvalue weighted by atomic mass is 10.1. The molecular formula is C15H16ClNO4S. The minimum Gasteiger partial charge on any atom is -0.465 e. The van der Waals surface area contributed by atoms with Crippen molar-refractivity contribution in [3.8, 4) is 0 Å². The molecule has 0 spiro atoms. The Morgan fingerprint density at radius 2 is 2.18 bits per heavy atom. The van der Waals surface area contributed by atoms with Gasteiger partial charge < -0.3 is 9.64 Å². The van der Waals surface area contributed by atoms with Crippen LogP contribution in [0.1, 0.15) is 23.7 Å². The van der Waals surface area contributed by atoms with Crippen molar-refractivity contribution in [1.29, 1.82) is 0 Å². The van der Waals surface area contributed by atoms with Gasteiger partial charge >= 0.3 is 5.97 Å². The van der Waals surface area contributed by atoms with E-state index < -0.39 is 5.97 Å². The molecule has 0 aromatic heterocycles. The highest BCUT2D eigenvalue weighted by molar-refractivity contribution is 8.13. The van der Waals surface area contributed by atoms with Crippen molar-refractivity contribution in [3.63, 3.8) is 0 Å². The molecule has 22 heavy (non-hydrogen) atoms. The average molecular weight is 342 g/mol. The molecule has 1 heterocycles. The Labute approximate surface area is 137 Å². The number of esters is 1. The van der Waals surface area contributed by atoms with E-state index in [9.17, 15) is 14.4 Å². The normalized spacial score (nSPS) is 17.7. The van der Waals surface area contributed by atoms with Gasteiger partial charge in [-0.15, -0.1) is 0 Å². The molecule has 118 valence electrons. The number of hydrogen-bond acceptors (Lipinski definition) is 5. The summed E-state index contributed by atoms with van der Waals surface area (Å²) in [4.78, 5) is 36.8. The fourth-order valence-electron chi connectivity index (χ4n) is 2.40. The summed E-state index contributed by atoms with van der Waals surface area (Å²) in [5.41, 5.74) is 0.652. The van der Waals surface area contributed by atoms with Crippen molar-refractivity contribution < 1.29 is 19.1 Å². The van der Waals surface area contributed by atoms with Gasteiger partial charge in [-0.1, -0.05) is 29.4 Å². The van der Waals surface area contributed by atoms with Gasteiger partial charge in [-0.3, -0.25) is 9.59 Å². The van der Waals surface area contributed by atoms with Crippen molar-refractivity contribution in [2.24, 2.45) is 5.92 Å². The van der Waals surface area contributed by atoms with Gasteiger partial charge in [-0.2, -0.15) is 0 Å². The molecule has 1 fully saturated rings. The lowest BCUT2D eigenvalue weighted by Gasteiger charge is -2.20. The zero-order valence-corrected chi connectivity index (χ0v) is 13.9. The molecule has 5 nitrogen and oxygen atoms in total. The number of thioether (sulfide) groups is 1. The van der Waals surface area contributed by atoms with Crippen LogP contribution in [0.3, 0.4) is 0 Å². The summed E-state index contributed by atoms with van der Waals surface area (Å²) < 4.78 is 4.75. The summed E-state index contributed by atoms with van der Waals surface area (Å²) in [5, 5.41) is 0.280. The number of hydrogen-bond donors (Lipinski definition) is 0. The molecule has 0 N–H and O–H groups in total. The number of halogens is 1. The number of carbonyl (C=O) groups is 3. The molecule has 2 rings (SSSR count). The Bertz CT molecular complexity index is 620. The SMILES string of the molecule is COC(=O)c1c(Cl)cccc1N1CC(CSC(C)=O)CC1=O. The molecule has 7 heteroatoms. The Morgan fingerprint density at radius 1 is 1.45 bits per heavy atom. The van der Waals surface area contributed by atoms with Crippen molar-refractivity contribution in [2.75, 3.05) is 24.3 Å². The summed E-state index contributed by atoms with van der Waals surface area (Å²) >= 11 is 7.29. The Kier molecular flexibility index (Phi) is 5.47. The molecular weight excluding hydrogens is 326 g/mol. The van der Waals surface area contributed by atoms with Crippen LogP contribution >= 0.6 is 23.4 Å². The second-order valence-electron chi connectivity index (χ2n) is 5.00. The molecule has 1 aromatic carbocycles. The van der Waals surface area contributed by atoms with E-state index in [1.807, 2.05) is 0 Å². The van der Waals surface area contributed by atoms with Gasteiger partial charge in [0.1, 0.15) is 5.56 Å². The van der Waals surface area contributed by atoms with Gasteiger partial charge in [0.15, 0.2) is 5.12 Å². The smallest absolute Gasteiger partial charge is 0.341 e. The van der Waals surface area contributed by atoms with Crippen LogP contribution in [0.15, 0.2) is 18.2 Å². The molecule has 1 aliphatic heterocycles. The number of amides is 1. The number of anilines is 1. The molecule has 1 unspecified atom stereocenters. The predicted octanol–water partition coefficient (Wildman–Crippen LogP) is 2.76. The predicted molar refractivity (Wildman–Crippen MR) is 86.4 cm³/mol. The molecule has 1 amide bonds. The van der Waals surface area contributed by atoms with E-state index in [0.29, 0.717) is 24.4 Å². The van der Waals surface area contributed by atoms with Crippen LogP contribution in [-0.4, -0.2) is 36.4 Å². The first-order chi connectivity index (χ1) is 10.4. The highest BCUT2D eigenvalue weighted by atomic mass is 35.5. The summed E-state index contributed by atoms with van der Waals surface area (Å²) in [6.45, 7) is 1.97. The maximum atomic E-state index is 12.2. The minimum absolute atomic E-state index is 0.0314. The average Bonchev–Trinajstić information content (AvgIpc) is 2.85. The fourth-order valence-corrected chi connectivity index (χ4v) is 3.34. The van der Waals surface area contributed by atoms with Crippen LogP contribution in [-0.2, 0) is 14.3 Å². The van der Waals surface area contributed by atoms with Gasteiger partial charge in [-0.05, 0) is 18.1 Å². The van der Waals surface area contributed by atoms with E-state index in [2.05, 4.69) is 0 Å². The van der Waals surface area contributed by atoms with Gasteiger partial charge in [0.25, 0.3) is 0 Å². The molecule has 1 saturated heterocycles. The zero-order chi connectivity index (χ0) is 16.3. The molecule has 1 atom stereocenters. The van der Waals surface area contributed by atoms with Gasteiger partial charge in [0, 0.05) is 25.6 Å². The Morgan fingerprint density at radius 3 is 2.82 bits per heavy atom. The highest BCUT2D eigenvalue weighted by Crippen LogP contribution is 2.33. The van der Waals surface area contributed by atoms with Crippen molar-refractivity contribution in [2.45, 2.75) is 13.3 Å². The lowest BCUT2D eigenvalue weighted by molar-refractivity contribution is -0.117. The van der Waals surface area contributed by atoms with E-state index in [1.165, 1.54) is 25.8 Å². The summed E-state index contributed by atoms with van der Waals surface area (Å²) in [6, 6.07) is 4.95. The third-order valence-electron chi connectivity index (χ3n) is 3.40. The molecule has 1 aromatic rings. The minimum atomic E-state index is -0.574. The fraction of sp³-hybridized carbons (Fsp3) is 0.400. The lowest BCUT2D eigenvalue weighted by Crippen LogP contribution is -2.27. The zero-order valence-electron chi connectivity index (χ0n) is 12.3. The van der Waals surface area contributed by atoms with Crippen molar-refractivity contribution >= 4 is 46.0 Å². The maximum Gasteiger partial charge on any atom is 0.341 e. The van der Waals surface area contributed by atoms with Crippen LogP contribution in [0.2, 0.25) is 5.02 Å². The monoisotopic (exact) mass is 341 g/mol. The number of rotatable bonds is 4. The van der Waals surface area contributed by atoms with Gasteiger partial charge in [0.2, 0.25) is 5.91 Å². The Balaban J connectivity index is 2.25. The number of carbonyl (C=O) groups excluding carboxylic acids is 3. The van der Waals surface area contributed by atoms with E-state index in [-0.39, 0.29) is 27.5 Å². The van der Waals surface area contributed by atoms with E-state index in [0.717, 1.165) is 0 Å². The van der Waals surface area contributed by atoms with Crippen LogP contribution in [0.25, 0.3) is 0 Å². The van der Waals surface area contributed by atoms with E-state index in [1.54, 1.807) is 23.1 Å². The quantitative estimate of drug-likeness (QED) is 0.788. The van der Waals surface area contributed by atoms with Crippen LogP contribution in [0.5, 0.6) is 0 Å². The van der Waals surface area contributed by atoms with Crippen LogP contribution in [0.4, 0.5) is 5.69 Å². The summed E-state index contributed by atoms with van der Waals surface area (Å²) in [5.74, 6) is 0.00788. The number of ether oxygens (including phenoxy) is 1. The third kappa shape index (κ3) is 3.62. The molecule has 0 radical (unpaired) electrons. The van der Waals surface area contributed by atoms with Gasteiger partial charge in [-0.25, -0.2) is 4.79 Å².